The van der Waals surface area contributed by atoms with Crippen LogP contribution in [0.3, 0.4) is 0 Å². The van der Waals surface area contributed by atoms with Crippen molar-refractivity contribution >= 4 is 27.6 Å². The van der Waals surface area contributed by atoms with Crippen LogP contribution >= 0.6 is 15.9 Å². The van der Waals surface area contributed by atoms with E-state index < -0.39 is 5.97 Å². The molecule has 0 saturated heterocycles. The van der Waals surface area contributed by atoms with Gasteiger partial charge in [-0.05, 0) is 77.6 Å². The number of benzene rings is 2. The van der Waals surface area contributed by atoms with Crippen LogP contribution in [0, 0.1) is 5.92 Å². The first kappa shape index (κ1) is 20.8. The molecule has 2 aromatic carbocycles. The fourth-order valence-electron chi connectivity index (χ4n) is 6.13. The summed E-state index contributed by atoms with van der Waals surface area (Å²) in [5, 5.41) is 11.9. The number of hydrogen-bond donors (Lipinski definition) is 0. The van der Waals surface area contributed by atoms with Crippen LogP contribution in [0.1, 0.15) is 90.4 Å². The Morgan fingerprint density at radius 2 is 1.94 bits per heavy atom. The van der Waals surface area contributed by atoms with Gasteiger partial charge in [-0.25, -0.2) is 0 Å². The lowest BCUT2D eigenvalue weighted by Crippen LogP contribution is -2.44. The summed E-state index contributed by atoms with van der Waals surface area (Å²) in [6.07, 6.45) is 11.5. The molecule has 2 aliphatic heterocycles. The zero-order chi connectivity index (χ0) is 21.5. The molecule has 0 aromatic heterocycles. The minimum atomic E-state index is -1.06. The normalized spacial score (nSPS) is 25.9. The number of hydrogen-bond acceptors (Lipinski definition) is 3. The highest BCUT2D eigenvalue weighted by Crippen LogP contribution is 2.57. The molecular weight excluding hydrogens is 450 g/mol. The molecule has 0 unspecified atom stereocenters. The molecule has 2 heterocycles. The van der Waals surface area contributed by atoms with Crippen LogP contribution in [0.4, 0.5) is 5.69 Å². The standard InChI is InChI=1S/C27H30BrNO2/c1-2-3-4-6-17-13-14-29-25(18-9-11-20(28)12-10-18)22-8-5-7-21(22)24-16-19(27(30)31)15-23(17)26(24)29/h5,7,9-12,15-17,21-22,25H,2-4,6,8,13-14H2,1H3,(H,30,31)/p-1/t17-,21-,22+,25+/m1/s1. The quantitative estimate of drug-likeness (QED) is 0.371. The number of fused-ring (bicyclic) bond motifs is 2. The number of halogens is 1. The molecule has 2 aromatic rings. The summed E-state index contributed by atoms with van der Waals surface area (Å²) in [4.78, 5) is 14.5. The summed E-state index contributed by atoms with van der Waals surface area (Å²) in [5.41, 5.74) is 5.44. The molecule has 1 aliphatic carbocycles. The Labute approximate surface area is 193 Å². The summed E-state index contributed by atoms with van der Waals surface area (Å²) in [6, 6.07) is 12.9. The van der Waals surface area contributed by atoms with E-state index in [-0.39, 0.29) is 5.92 Å². The van der Waals surface area contributed by atoms with Gasteiger partial charge in [0, 0.05) is 22.6 Å². The van der Waals surface area contributed by atoms with Gasteiger partial charge in [-0.15, -0.1) is 0 Å². The molecule has 0 fully saturated rings. The Bertz CT molecular complexity index is 1010. The zero-order valence-electron chi connectivity index (χ0n) is 18.0. The highest BCUT2D eigenvalue weighted by Gasteiger charge is 2.45. The van der Waals surface area contributed by atoms with Crippen LogP contribution < -0.4 is 10.0 Å². The molecule has 0 N–H and O–H groups in total. The number of rotatable bonds is 6. The van der Waals surface area contributed by atoms with Gasteiger partial charge >= 0.3 is 0 Å². The van der Waals surface area contributed by atoms with E-state index in [2.05, 4.69) is 64.2 Å². The fourth-order valence-corrected chi connectivity index (χ4v) is 6.39. The third kappa shape index (κ3) is 3.63. The van der Waals surface area contributed by atoms with Gasteiger partial charge in [0.25, 0.3) is 0 Å². The highest BCUT2D eigenvalue weighted by molar-refractivity contribution is 9.10. The van der Waals surface area contributed by atoms with Gasteiger partial charge in [0.2, 0.25) is 0 Å². The molecule has 0 bridgehead atoms. The van der Waals surface area contributed by atoms with Gasteiger partial charge in [0.1, 0.15) is 0 Å². The number of carbonyl (C=O) groups is 1. The molecule has 5 rings (SSSR count). The Kier molecular flexibility index (Phi) is 5.68. The number of carboxylic acids is 1. The Hall–Kier alpha value is -2.07. The van der Waals surface area contributed by atoms with E-state index in [0.717, 1.165) is 30.3 Å². The van der Waals surface area contributed by atoms with E-state index in [0.29, 0.717) is 23.4 Å². The van der Waals surface area contributed by atoms with Gasteiger partial charge in [0.15, 0.2) is 0 Å². The van der Waals surface area contributed by atoms with E-state index in [1.807, 2.05) is 12.1 Å². The second-order valence-electron chi connectivity index (χ2n) is 9.32. The molecule has 0 saturated carbocycles. The van der Waals surface area contributed by atoms with E-state index >= 15 is 0 Å². The summed E-state index contributed by atoms with van der Waals surface area (Å²) in [5.74, 6) is 0.0860. The number of anilines is 1. The highest BCUT2D eigenvalue weighted by atomic mass is 79.9. The second-order valence-corrected chi connectivity index (χ2v) is 10.2. The minimum absolute atomic E-state index is 0.271. The second kappa shape index (κ2) is 8.46. The van der Waals surface area contributed by atoms with Crippen LogP contribution in [-0.4, -0.2) is 12.5 Å². The van der Waals surface area contributed by atoms with E-state index in [4.69, 9.17) is 0 Å². The molecule has 0 amide bonds. The van der Waals surface area contributed by atoms with Crippen molar-refractivity contribution in [2.24, 2.45) is 5.92 Å². The van der Waals surface area contributed by atoms with Crippen molar-refractivity contribution in [2.45, 2.75) is 63.3 Å². The molecule has 0 spiro atoms. The summed E-state index contributed by atoms with van der Waals surface area (Å²) in [7, 11) is 0. The average molecular weight is 479 g/mol. The monoisotopic (exact) mass is 478 g/mol. The van der Waals surface area contributed by atoms with Crippen LogP contribution in [-0.2, 0) is 0 Å². The van der Waals surface area contributed by atoms with Gasteiger partial charge in [-0.3, -0.25) is 0 Å². The third-order valence-corrected chi connectivity index (χ3v) is 8.06. The number of carbonyl (C=O) groups excluding carboxylic acids is 1. The van der Waals surface area contributed by atoms with Crippen LogP contribution in [0.25, 0.3) is 0 Å². The molecule has 31 heavy (non-hydrogen) atoms. The third-order valence-electron chi connectivity index (χ3n) is 7.53. The van der Waals surface area contributed by atoms with Crippen molar-refractivity contribution in [3.63, 3.8) is 0 Å². The average Bonchev–Trinajstić information content (AvgIpc) is 3.26. The maximum absolute atomic E-state index is 11.9. The van der Waals surface area contributed by atoms with Crippen LogP contribution in [0.2, 0.25) is 0 Å². The molecule has 162 valence electrons. The van der Waals surface area contributed by atoms with Gasteiger partial charge in [-0.2, -0.15) is 0 Å². The van der Waals surface area contributed by atoms with Crippen molar-refractivity contribution < 1.29 is 9.90 Å². The van der Waals surface area contributed by atoms with Gasteiger partial charge in [-0.1, -0.05) is 66.4 Å². The van der Waals surface area contributed by atoms with Crippen molar-refractivity contribution in [3.05, 3.63) is 75.3 Å². The molecule has 0 radical (unpaired) electrons. The predicted molar refractivity (Wildman–Crippen MR) is 126 cm³/mol. The minimum Gasteiger partial charge on any atom is -0.545 e. The SMILES string of the molecule is CCCCC[C@@H]1CCN2c3c1cc(C(=O)[O-])cc3[C@@H]1C=CC[C@@H]1[C@@H]2c1ccc(Br)cc1. The van der Waals surface area contributed by atoms with Crippen molar-refractivity contribution in [3.8, 4) is 0 Å². The number of unbranched alkanes of at least 4 members (excludes halogenated alkanes) is 2. The molecule has 3 nitrogen and oxygen atoms in total. The van der Waals surface area contributed by atoms with Crippen molar-refractivity contribution in [1.29, 1.82) is 0 Å². The number of carboxylic acid groups (broad SMARTS) is 1. The largest absolute Gasteiger partial charge is 0.545 e. The first-order chi connectivity index (χ1) is 15.1. The number of aromatic carboxylic acids is 1. The van der Waals surface area contributed by atoms with E-state index in [1.165, 1.54) is 41.6 Å². The molecule has 4 atom stereocenters. The van der Waals surface area contributed by atoms with Crippen molar-refractivity contribution in [2.75, 3.05) is 11.4 Å². The summed E-state index contributed by atoms with van der Waals surface area (Å²) < 4.78 is 1.10. The van der Waals surface area contributed by atoms with Crippen LogP contribution in [0.15, 0.2) is 53.0 Å². The van der Waals surface area contributed by atoms with E-state index in [1.54, 1.807) is 0 Å². The smallest absolute Gasteiger partial charge is 0.0715 e. The van der Waals surface area contributed by atoms with Crippen molar-refractivity contribution in [1.82, 2.24) is 0 Å². The topological polar surface area (TPSA) is 43.4 Å². The maximum atomic E-state index is 11.9. The predicted octanol–water partition coefficient (Wildman–Crippen LogP) is 6.10. The molecule has 4 heteroatoms. The van der Waals surface area contributed by atoms with E-state index in [9.17, 15) is 9.90 Å². The summed E-state index contributed by atoms with van der Waals surface area (Å²) in [6.45, 7) is 3.27. The first-order valence-electron chi connectivity index (χ1n) is 11.7. The number of nitrogens with zero attached hydrogens (tertiary/aromatic N) is 1. The molecular formula is C27H29BrNO2-. The van der Waals surface area contributed by atoms with Gasteiger partial charge in [0.05, 0.1) is 12.0 Å². The lowest BCUT2D eigenvalue weighted by atomic mass is 9.71. The lowest BCUT2D eigenvalue weighted by molar-refractivity contribution is -0.255. The zero-order valence-corrected chi connectivity index (χ0v) is 19.6. The van der Waals surface area contributed by atoms with Gasteiger partial charge < -0.3 is 14.8 Å². The Morgan fingerprint density at radius 3 is 2.68 bits per heavy atom. The first-order valence-corrected chi connectivity index (χ1v) is 12.5. The number of allylic oxidation sites excluding steroid dienone is 2. The Morgan fingerprint density at radius 1 is 1.16 bits per heavy atom. The van der Waals surface area contributed by atoms with Crippen LogP contribution in [0.5, 0.6) is 0 Å². The summed E-state index contributed by atoms with van der Waals surface area (Å²) >= 11 is 3.58. The maximum Gasteiger partial charge on any atom is 0.0715 e. The fraction of sp³-hybridized carbons (Fsp3) is 0.444. The molecule has 3 aliphatic rings. The Balaban J connectivity index is 1.64. The lowest BCUT2D eigenvalue weighted by Gasteiger charge is -2.50.